The maximum atomic E-state index is 12.4. The fraction of sp³-hybridized carbons (Fsp3) is 0.286. The molecule has 1 saturated heterocycles. The number of carbonyl (C=O) groups excluding carboxylic acids is 1. The van der Waals surface area contributed by atoms with E-state index >= 15 is 0 Å². The smallest absolute Gasteiger partial charge is 0.228 e. The summed E-state index contributed by atoms with van der Waals surface area (Å²) in [7, 11) is 0. The topological polar surface area (TPSA) is 48.1 Å². The number of hydrogen-bond donors (Lipinski definition) is 2. The van der Waals surface area contributed by atoms with Gasteiger partial charge in [0.05, 0.1) is 6.42 Å². The van der Waals surface area contributed by atoms with Gasteiger partial charge in [-0.25, -0.2) is 0 Å². The zero-order chi connectivity index (χ0) is 17.2. The molecule has 0 bridgehead atoms. The third-order valence-electron chi connectivity index (χ3n) is 4.95. The van der Waals surface area contributed by atoms with E-state index in [1.54, 1.807) is 0 Å². The lowest BCUT2D eigenvalue weighted by molar-refractivity contribution is -0.115. The summed E-state index contributed by atoms with van der Waals surface area (Å²) < 4.78 is 0. The lowest BCUT2D eigenvalue weighted by Gasteiger charge is -2.20. The zero-order valence-corrected chi connectivity index (χ0v) is 14.5. The van der Waals surface area contributed by atoms with Crippen molar-refractivity contribution in [3.8, 4) is 0 Å². The highest BCUT2D eigenvalue weighted by atomic mass is 16.1. The fourth-order valence-electron chi connectivity index (χ4n) is 3.70. The summed E-state index contributed by atoms with van der Waals surface area (Å²) in [6, 6.07) is 14.3. The van der Waals surface area contributed by atoms with Gasteiger partial charge in [0.2, 0.25) is 5.91 Å². The van der Waals surface area contributed by atoms with Crippen molar-refractivity contribution >= 4 is 28.2 Å². The van der Waals surface area contributed by atoms with Crippen molar-refractivity contribution in [1.82, 2.24) is 4.98 Å². The van der Waals surface area contributed by atoms with E-state index in [4.69, 9.17) is 0 Å². The number of fused-ring (bicyclic) bond motifs is 1. The molecule has 1 amide bonds. The van der Waals surface area contributed by atoms with Gasteiger partial charge in [-0.15, -0.1) is 0 Å². The number of benzene rings is 2. The van der Waals surface area contributed by atoms with Crippen LogP contribution in [-0.2, 0) is 11.2 Å². The highest BCUT2D eigenvalue weighted by molar-refractivity contribution is 5.96. The predicted octanol–water partition coefficient (Wildman–Crippen LogP) is 4.26. The van der Waals surface area contributed by atoms with Crippen molar-refractivity contribution in [3.05, 3.63) is 59.8 Å². The summed E-state index contributed by atoms with van der Waals surface area (Å²) in [5.74, 6) is 0.0121. The van der Waals surface area contributed by atoms with Crippen LogP contribution in [0.2, 0.25) is 0 Å². The van der Waals surface area contributed by atoms with Crippen LogP contribution in [-0.4, -0.2) is 24.0 Å². The Balaban J connectivity index is 1.46. The van der Waals surface area contributed by atoms with Crippen molar-refractivity contribution in [3.63, 3.8) is 0 Å². The molecular formula is C21H23N3O. The number of nitrogens with zero attached hydrogens (tertiary/aromatic N) is 1. The molecule has 4 heteroatoms. The normalized spacial score (nSPS) is 14.2. The standard InChI is InChI=1S/C21H23N3O/c1-15-12-17(8-9-20(15)24-10-4-5-11-24)23-21(25)13-16-14-22-19-7-3-2-6-18(16)19/h2-3,6-9,12,14,22H,4-5,10-11,13H2,1H3,(H,23,25). The Morgan fingerprint density at radius 1 is 1.16 bits per heavy atom. The number of amides is 1. The van der Waals surface area contributed by atoms with E-state index in [1.165, 1.54) is 24.1 Å². The molecule has 1 aromatic heterocycles. The Hall–Kier alpha value is -2.75. The molecule has 0 atom stereocenters. The van der Waals surface area contributed by atoms with Gasteiger partial charge in [0, 0.05) is 41.6 Å². The zero-order valence-electron chi connectivity index (χ0n) is 14.5. The SMILES string of the molecule is Cc1cc(NC(=O)Cc2c[nH]c3ccccc23)ccc1N1CCCC1. The van der Waals surface area contributed by atoms with E-state index in [2.05, 4.69) is 34.3 Å². The number of hydrogen-bond acceptors (Lipinski definition) is 2. The van der Waals surface area contributed by atoms with Gasteiger partial charge in [0.1, 0.15) is 0 Å². The van der Waals surface area contributed by atoms with Gasteiger partial charge in [-0.3, -0.25) is 4.79 Å². The first-order valence-electron chi connectivity index (χ1n) is 8.91. The monoisotopic (exact) mass is 333 g/mol. The second-order valence-electron chi connectivity index (χ2n) is 6.78. The van der Waals surface area contributed by atoms with Gasteiger partial charge in [-0.1, -0.05) is 18.2 Å². The van der Waals surface area contributed by atoms with E-state index in [-0.39, 0.29) is 5.91 Å². The minimum absolute atomic E-state index is 0.0121. The number of H-pyrrole nitrogens is 1. The molecule has 3 aromatic rings. The van der Waals surface area contributed by atoms with Crippen LogP contribution < -0.4 is 10.2 Å². The number of rotatable bonds is 4. The van der Waals surface area contributed by atoms with E-state index in [1.807, 2.05) is 36.5 Å². The first-order chi connectivity index (χ1) is 12.2. The highest BCUT2D eigenvalue weighted by Crippen LogP contribution is 2.27. The molecule has 2 heterocycles. The van der Waals surface area contributed by atoms with Crippen LogP contribution in [0.4, 0.5) is 11.4 Å². The lowest BCUT2D eigenvalue weighted by Crippen LogP contribution is -2.19. The van der Waals surface area contributed by atoms with E-state index < -0.39 is 0 Å². The molecule has 4 nitrogen and oxygen atoms in total. The number of anilines is 2. The molecule has 4 rings (SSSR count). The van der Waals surface area contributed by atoms with E-state index in [9.17, 15) is 4.79 Å². The van der Waals surface area contributed by atoms with Gasteiger partial charge in [0.15, 0.2) is 0 Å². The van der Waals surface area contributed by atoms with Crippen LogP contribution in [0.15, 0.2) is 48.7 Å². The quantitative estimate of drug-likeness (QED) is 0.749. The first kappa shape index (κ1) is 15.8. The third-order valence-corrected chi connectivity index (χ3v) is 4.95. The first-order valence-corrected chi connectivity index (χ1v) is 8.91. The van der Waals surface area contributed by atoms with Crippen LogP contribution in [0.3, 0.4) is 0 Å². The molecular weight excluding hydrogens is 310 g/mol. The molecule has 128 valence electrons. The molecule has 25 heavy (non-hydrogen) atoms. The number of carbonyl (C=O) groups is 1. The van der Waals surface area contributed by atoms with Crippen molar-refractivity contribution in [2.45, 2.75) is 26.2 Å². The van der Waals surface area contributed by atoms with Gasteiger partial charge < -0.3 is 15.2 Å². The van der Waals surface area contributed by atoms with Crippen molar-refractivity contribution in [1.29, 1.82) is 0 Å². The number of nitrogens with one attached hydrogen (secondary N) is 2. The van der Waals surface area contributed by atoms with Crippen molar-refractivity contribution in [2.75, 3.05) is 23.3 Å². The average molecular weight is 333 g/mol. The van der Waals surface area contributed by atoms with Crippen LogP contribution in [0, 0.1) is 6.92 Å². The number of para-hydroxylation sites is 1. The van der Waals surface area contributed by atoms with Gasteiger partial charge in [-0.2, -0.15) is 0 Å². The van der Waals surface area contributed by atoms with Crippen LogP contribution in [0.5, 0.6) is 0 Å². The maximum absolute atomic E-state index is 12.4. The minimum atomic E-state index is 0.0121. The van der Waals surface area contributed by atoms with Crippen LogP contribution >= 0.6 is 0 Å². The number of aromatic nitrogens is 1. The van der Waals surface area contributed by atoms with Gasteiger partial charge in [-0.05, 0) is 55.2 Å². The summed E-state index contributed by atoms with van der Waals surface area (Å²) in [5, 5.41) is 4.14. The fourth-order valence-corrected chi connectivity index (χ4v) is 3.70. The van der Waals surface area contributed by atoms with Crippen LogP contribution in [0.1, 0.15) is 24.0 Å². The maximum Gasteiger partial charge on any atom is 0.228 e. The molecule has 0 spiro atoms. The third kappa shape index (κ3) is 3.25. The molecule has 1 aliphatic heterocycles. The van der Waals surface area contributed by atoms with Crippen molar-refractivity contribution in [2.24, 2.45) is 0 Å². The van der Waals surface area contributed by atoms with E-state index in [0.717, 1.165) is 35.2 Å². The van der Waals surface area contributed by atoms with Gasteiger partial charge in [0.25, 0.3) is 0 Å². The second kappa shape index (κ2) is 6.63. The Morgan fingerprint density at radius 2 is 1.96 bits per heavy atom. The molecule has 0 radical (unpaired) electrons. The largest absolute Gasteiger partial charge is 0.371 e. The average Bonchev–Trinajstić information content (AvgIpc) is 3.26. The Kier molecular flexibility index (Phi) is 4.18. The summed E-state index contributed by atoms with van der Waals surface area (Å²) in [5.41, 5.74) is 5.46. The summed E-state index contributed by atoms with van der Waals surface area (Å²) in [4.78, 5) is 18.1. The number of aromatic amines is 1. The Labute approximate surface area is 147 Å². The molecule has 2 aromatic carbocycles. The summed E-state index contributed by atoms with van der Waals surface area (Å²) >= 11 is 0. The highest BCUT2D eigenvalue weighted by Gasteiger charge is 2.15. The second-order valence-corrected chi connectivity index (χ2v) is 6.78. The molecule has 0 saturated carbocycles. The van der Waals surface area contributed by atoms with E-state index in [0.29, 0.717) is 6.42 Å². The summed E-state index contributed by atoms with van der Waals surface area (Å²) in [6.07, 6.45) is 4.83. The molecule has 0 unspecified atom stereocenters. The lowest BCUT2D eigenvalue weighted by atomic mass is 10.1. The molecule has 1 fully saturated rings. The van der Waals surface area contributed by atoms with Crippen LogP contribution in [0.25, 0.3) is 10.9 Å². The van der Waals surface area contributed by atoms with Gasteiger partial charge >= 0.3 is 0 Å². The molecule has 0 aliphatic carbocycles. The predicted molar refractivity (Wildman–Crippen MR) is 103 cm³/mol. The molecule has 1 aliphatic rings. The summed E-state index contributed by atoms with van der Waals surface area (Å²) in [6.45, 7) is 4.38. The Morgan fingerprint density at radius 3 is 2.76 bits per heavy atom. The molecule has 2 N–H and O–H groups in total. The number of aryl methyl sites for hydroxylation is 1. The Bertz CT molecular complexity index is 906. The minimum Gasteiger partial charge on any atom is -0.371 e. The van der Waals surface area contributed by atoms with Crippen molar-refractivity contribution < 1.29 is 4.79 Å².